The van der Waals surface area contributed by atoms with E-state index in [0.29, 0.717) is 12.1 Å². The highest BCUT2D eigenvalue weighted by Gasteiger charge is 2.39. The molecule has 2 unspecified atom stereocenters. The molecule has 4 heteroatoms. The highest BCUT2D eigenvalue weighted by Crippen LogP contribution is 2.35. The molecule has 1 spiro atoms. The molecule has 0 saturated carbocycles. The lowest BCUT2D eigenvalue weighted by molar-refractivity contribution is -0.140. The minimum absolute atomic E-state index is 0.0866. The van der Waals surface area contributed by atoms with Crippen LogP contribution in [0.2, 0.25) is 0 Å². The first-order valence-corrected chi connectivity index (χ1v) is 8.17. The van der Waals surface area contributed by atoms with Crippen molar-refractivity contribution in [2.45, 2.75) is 50.3 Å². The van der Waals surface area contributed by atoms with Gasteiger partial charge in [0.2, 0.25) is 0 Å². The molecule has 0 bridgehead atoms. The number of hydrogen-bond acceptors (Lipinski definition) is 4. The first-order chi connectivity index (χ1) is 9.27. The normalized spacial score (nSPS) is 28.4. The van der Waals surface area contributed by atoms with E-state index in [2.05, 4.69) is 29.8 Å². The summed E-state index contributed by atoms with van der Waals surface area (Å²) in [5, 5.41) is 5.93. The molecule has 2 saturated heterocycles. The predicted molar refractivity (Wildman–Crippen MR) is 77.6 cm³/mol. The first-order valence-electron chi connectivity index (χ1n) is 7.29. The van der Waals surface area contributed by atoms with Crippen molar-refractivity contribution in [1.82, 2.24) is 5.32 Å². The van der Waals surface area contributed by atoms with Crippen LogP contribution in [0.3, 0.4) is 0 Å². The molecule has 2 atom stereocenters. The van der Waals surface area contributed by atoms with Crippen molar-refractivity contribution in [2.75, 3.05) is 19.8 Å². The Morgan fingerprint density at radius 3 is 2.95 bits per heavy atom. The summed E-state index contributed by atoms with van der Waals surface area (Å²) in [6, 6.07) is 5.36. The van der Waals surface area contributed by atoms with Crippen LogP contribution < -0.4 is 5.32 Å². The van der Waals surface area contributed by atoms with E-state index in [4.69, 9.17) is 9.47 Å². The summed E-state index contributed by atoms with van der Waals surface area (Å²) >= 11 is 1.83. The van der Waals surface area contributed by atoms with E-state index in [9.17, 15) is 0 Å². The third-order valence-electron chi connectivity index (χ3n) is 4.35. The average molecular weight is 281 g/mol. The fourth-order valence-electron chi connectivity index (χ4n) is 3.24. The van der Waals surface area contributed by atoms with Crippen molar-refractivity contribution in [3.8, 4) is 0 Å². The van der Waals surface area contributed by atoms with E-state index < -0.39 is 0 Å². The summed E-state index contributed by atoms with van der Waals surface area (Å²) in [4.78, 5) is 1.42. The van der Waals surface area contributed by atoms with Crippen LogP contribution in [0.4, 0.5) is 0 Å². The van der Waals surface area contributed by atoms with Gasteiger partial charge in [-0.15, -0.1) is 11.3 Å². The van der Waals surface area contributed by atoms with Crippen LogP contribution in [-0.4, -0.2) is 31.5 Å². The lowest BCUT2D eigenvalue weighted by Crippen LogP contribution is -2.50. The zero-order valence-electron chi connectivity index (χ0n) is 11.6. The van der Waals surface area contributed by atoms with Gasteiger partial charge in [-0.25, -0.2) is 0 Å². The Bertz CT molecular complexity index is 381. The molecule has 0 radical (unpaired) electrons. The molecular weight excluding hydrogens is 258 g/mol. The van der Waals surface area contributed by atoms with Gasteiger partial charge < -0.3 is 14.8 Å². The minimum Gasteiger partial charge on any atom is -0.381 e. The summed E-state index contributed by atoms with van der Waals surface area (Å²) < 4.78 is 11.6. The van der Waals surface area contributed by atoms with Gasteiger partial charge in [0.25, 0.3) is 0 Å². The summed E-state index contributed by atoms with van der Waals surface area (Å²) in [6.07, 6.45) is 4.36. The second-order valence-electron chi connectivity index (χ2n) is 5.74. The fourth-order valence-corrected chi connectivity index (χ4v) is 3.98. The zero-order chi connectivity index (χ0) is 13.1. The molecule has 19 heavy (non-hydrogen) atoms. The van der Waals surface area contributed by atoms with Gasteiger partial charge in [-0.3, -0.25) is 0 Å². The van der Waals surface area contributed by atoms with Crippen molar-refractivity contribution in [2.24, 2.45) is 0 Å². The van der Waals surface area contributed by atoms with Gasteiger partial charge in [0.1, 0.15) is 0 Å². The van der Waals surface area contributed by atoms with Gasteiger partial charge in [-0.2, -0.15) is 0 Å². The second-order valence-corrected chi connectivity index (χ2v) is 6.72. The maximum Gasteiger partial charge on any atom is 0.0741 e. The lowest BCUT2D eigenvalue weighted by Gasteiger charge is -2.44. The number of rotatable bonds is 3. The first kappa shape index (κ1) is 13.6. The largest absolute Gasteiger partial charge is 0.381 e. The Morgan fingerprint density at radius 1 is 1.37 bits per heavy atom. The Kier molecular flexibility index (Phi) is 4.22. The van der Waals surface area contributed by atoms with Crippen molar-refractivity contribution in [1.29, 1.82) is 0 Å². The summed E-state index contributed by atoms with van der Waals surface area (Å²) in [5.74, 6) is 0. The SMILES string of the molecule is CC(NC1CCOC2(CCOCC2)C1)c1cccs1. The quantitative estimate of drug-likeness (QED) is 0.923. The minimum atomic E-state index is 0.0866. The molecule has 1 aromatic heterocycles. The molecule has 3 rings (SSSR count). The highest BCUT2D eigenvalue weighted by molar-refractivity contribution is 7.10. The van der Waals surface area contributed by atoms with Crippen LogP contribution in [-0.2, 0) is 9.47 Å². The standard InChI is InChI=1S/C15H23NO2S/c1-12(14-3-2-10-19-14)16-13-4-7-18-15(11-13)5-8-17-9-6-15/h2-3,10,12-13,16H,4-9,11H2,1H3. The third kappa shape index (κ3) is 3.19. The summed E-state index contributed by atoms with van der Waals surface area (Å²) in [7, 11) is 0. The average Bonchev–Trinajstić information content (AvgIpc) is 2.93. The maximum atomic E-state index is 6.09. The Hall–Kier alpha value is -0.420. The lowest BCUT2D eigenvalue weighted by atomic mass is 9.84. The van der Waals surface area contributed by atoms with E-state index >= 15 is 0 Å². The molecular formula is C15H23NO2S. The number of nitrogens with one attached hydrogen (secondary N) is 1. The van der Waals surface area contributed by atoms with Crippen LogP contribution >= 0.6 is 11.3 Å². The molecule has 2 aliphatic rings. The van der Waals surface area contributed by atoms with Gasteiger partial charge in [0.15, 0.2) is 0 Å². The van der Waals surface area contributed by atoms with Crippen molar-refractivity contribution in [3.63, 3.8) is 0 Å². The summed E-state index contributed by atoms with van der Waals surface area (Å²) in [6.45, 7) is 4.85. The van der Waals surface area contributed by atoms with E-state index in [0.717, 1.165) is 45.5 Å². The topological polar surface area (TPSA) is 30.5 Å². The molecule has 106 valence electrons. The molecule has 2 fully saturated rings. The fraction of sp³-hybridized carbons (Fsp3) is 0.733. The van der Waals surface area contributed by atoms with Gasteiger partial charge in [-0.05, 0) is 44.1 Å². The number of hydrogen-bond donors (Lipinski definition) is 1. The second kappa shape index (κ2) is 5.92. The van der Waals surface area contributed by atoms with Gasteiger partial charge >= 0.3 is 0 Å². The van der Waals surface area contributed by atoms with Crippen LogP contribution in [0.5, 0.6) is 0 Å². The Labute approximate surface area is 119 Å². The van der Waals surface area contributed by atoms with Gasteiger partial charge in [-0.1, -0.05) is 6.07 Å². The number of ether oxygens (including phenoxy) is 2. The summed E-state index contributed by atoms with van der Waals surface area (Å²) in [5.41, 5.74) is 0.0866. The van der Waals surface area contributed by atoms with Gasteiger partial charge in [0, 0.05) is 36.8 Å². The Balaban J connectivity index is 1.59. The van der Waals surface area contributed by atoms with Crippen molar-refractivity contribution < 1.29 is 9.47 Å². The van der Waals surface area contributed by atoms with Crippen LogP contribution in [0.15, 0.2) is 17.5 Å². The molecule has 3 nitrogen and oxygen atoms in total. The monoisotopic (exact) mass is 281 g/mol. The van der Waals surface area contributed by atoms with Crippen LogP contribution in [0, 0.1) is 0 Å². The van der Waals surface area contributed by atoms with Crippen molar-refractivity contribution in [3.05, 3.63) is 22.4 Å². The van der Waals surface area contributed by atoms with E-state index in [1.54, 1.807) is 0 Å². The molecule has 1 N–H and O–H groups in total. The predicted octanol–water partition coefficient (Wildman–Crippen LogP) is 3.13. The molecule has 0 aromatic carbocycles. The molecule has 0 amide bonds. The van der Waals surface area contributed by atoms with Crippen LogP contribution in [0.25, 0.3) is 0 Å². The van der Waals surface area contributed by atoms with Gasteiger partial charge in [0.05, 0.1) is 5.60 Å². The van der Waals surface area contributed by atoms with E-state index in [-0.39, 0.29) is 5.60 Å². The van der Waals surface area contributed by atoms with E-state index in [1.165, 1.54) is 4.88 Å². The Morgan fingerprint density at radius 2 is 2.21 bits per heavy atom. The zero-order valence-corrected chi connectivity index (χ0v) is 12.4. The maximum absolute atomic E-state index is 6.09. The molecule has 2 aliphatic heterocycles. The van der Waals surface area contributed by atoms with Crippen molar-refractivity contribution >= 4 is 11.3 Å². The molecule has 1 aromatic rings. The van der Waals surface area contributed by atoms with E-state index in [1.807, 2.05) is 11.3 Å². The molecule has 0 aliphatic carbocycles. The highest BCUT2D eigenvalue weighted by atomic mass is 32.1. The van der Waals surface area contributed by atoms with Crippen LogP contribution in [0.1, 0.15) is 43.5 Å². The smallest absolute Gasteiger partial charge is 0.0741 e. The molecule has 3 heterocycles. The third-order valence-corrected chi connectivity index (χ3v) is 5.41. The number of thiophene rings is 1.